The zero-order valence-electron chi connectivity index (χ0n) is 10.3. The smallest absolute Gasteiger partial charge is 0.298 e. The molecule has 0 amide bonds. The van der Waals surface area contributed by atoms with Crippen LogP contribution in [0.1, 0.15) is 6.92 Å². The fourth-order valence-corrected chi connectivity index (χ4v) is 1.86. The molecule has 0 saturated carbocycles. The van der Waals surface area contributed by atoms with E-state index in [1.165, 1.54) is 21.5 Å². The predicted molar refractivity (Wildman–Crippen MR) is 74.8 cm³/mol. The SMILES string of the molecule is CC#CCn1ccn(-c2ccccc2Cl)c(=O)c1=O. The Kier molecular flexibility index (Phi) is 3.88. The molecule has 96 valence electrons. The van der Waals surface area contributed by atoms with Crippen molar-refractivity contribution >= 4 is 11.6 Å². The molecule has 5 heteroatoms. The van der Waals surface area contributed by atoms with Gasteiger partial charge in [0.15, 0.2) is 0 Å². The van der Waals surface area contributed by atoms with E-state index in [4.69, 9.17) is 11.6 Å². The van der Waals surface area contributed by atoms with Crippen molar-refractivity contribution in [3.05, 3.63) is 62.4 Å². The van der Waals surface area contributed by atoms with Crippen molar-refractivity contribution in [1.82, 2.24) is 9.13 Å². The second kappa shape index (κ2) is 5.59. The maximum atomic E-state index is 12.0. The Morgan fingerprint density at radius 3 is 2.58 bits per heavy atom. The van der Waals surface area contributed by atoms with Crippen LogP contribution in [0.25, 0.3) is 5.69 Å². The lowest BCUT2D eigenvalue weighted by Crippen LogP contribution is -2.39. The quantitative estimate of drug-likeness (QED) is 0.618. The van der Waals surface area contributed by atoms with Crippen molar-refractivity contribution in [2.24, 2.45) is 0 Å². The van der Waals surface area contributed by atoms with E-state index in [9.17, 15) is 9.59 Å². The van der Waals surface area contributed by atoms with Gasteiger partial charge in [-0.05, 0) is 19.1 Å². The highest BCUT2D eigenvalue weighted by Gasteiger charge is 2.08. The number of benzene rings is 1. The minimum absolute atomic E-state index is 0.202. The average molecular weight is 275 g/mol. The molecule has 19 heavy (non-hydrogen) atoms. The van der Waals surface area contributed by atoms with Crippen molar-refractivity contribution < 1.29 is 0 Å². The molecule has 0 fully saturated rings. The van der Waals surface area contributed by atoms with Gasteiger partial charge in [-0.25, -0.2) is 0 Å². The Hall–Kier alpha value is -2.25. The highest BCUT2D eigenvalue weighted by molar-refractivity contribution is 6.32. The number of para-hydroxylation sites is 1. The summed E-state index contributed by atoms with van der Waals surface area (Å²) in [5, 5.41) is 0.412. The van der Waals surface area contributed by atoms with Crippen LogP contribution in [0.2, 0.25) is 5.02 Å². The largest absolute Gasteiger partial charge is 0.321 e. The fourth-order valence-electron chi connectivity index (χ4n) is 1.63. The molecule has 0 bridgehead atoms. The summed E-state index contributed by atoms with van der Waals surface area (Å²) in [6.07, 6.45) is 3.04. The third kappa shape index (κ3) is 2.61. The third-order valence-electron chi connectivity index (χ3n) is 2.60. The maximum Gasteiger partial charge on any atom is 0.321 e. The first-order valence-corrected chi connectivity index (χ1v) is 5.99. The van der Waals surface area contributed by atoms with Crippen molar-refractivity contribution in [2.45, 2.75) is 13.5 Å². The third-order valence-corrected chi connectivity index (χ3v) is 2.92. The van der Waals surface area contributed by atoms with Crippen molar-refractivity contribution in [3.8, 4) is 17.5 Å². The molecule has 1 aromatic heterocycles. The minimum atomic E-state index is -0.645. The van der Waals surface area contributed by atoms with Gasteiger partial charge >= 0.3 is 11.1 Å². The van der Waals surface area contributed by atoms with Gasteiger partial charge in [-0.3, -0.25) is 18.7 Å². The number of nitrogens with zero attached hydrogens (tertiary/aromatic N) is 2. The van der Waals surface area contributed by atoms with E-state index in [0.29, 0.717) is 10.7 Å². The van der Waals surface area contributed by atoms with Gasteiger partial charge in [-0.2, -0.15) is 0 Å². The van der Waals surface area contributed by atoms with E-state index in [1.807, 2.05) is 0 Å². The molecule has 0 aliphatic rings. The van der Waals surface area contributed by atoms with Crippen LogP contribution in [0.5, 0.6) is 0 Å². The maximum absolute atomic E-state index is 12.0. The first kappa shape index (κ1) is 13.2. The summed E-state index contributed by atoms with van der Waals surface area (Å²) >= 11 is 6.02. The van der Waals surface area contributed by atoms with E-state index < -0.39 is 11.1 Å². The molecule has 1 heterocycles. The Morgan fingerprint density at radius 2 is 1.89 bits per heavy atom. The van der Waals surface area contributed by atoms with E-state index in [0.717, 1.165) is 0 Å². The summed E-state index contributed by atoms with van der Waals surface area (Å²) in [5.41, 5.74) is -0.779. The van der Waals surface area contributed by atoms with Crippen LogP contribution in [0.4, 0.5) is 0 Å². The monoisotopic (exact) mass is 274 g/mol. The van der Waals surface area contributed by atoms with Gasteiger partial charge in [0, 0.05) is 12.4 Å². The second-order valence-electron chi connectivity index (χ2n) is 3.78. The molecule has 0 spiro atoms. The van der Waals surface area contributed by atoms with E-state index >= 15 is 0 Å². The summed E-state index contributed by atoms with van der Waals surface area (Å²) < 4.78 is 2.51. The standard InChI is InChI=1S/C14H11ClN2O2/c1-2-3-8-16-9-10-17(14(19)13(16)18)12-7-5-4-6-11(12)15/h4-7,9-10H,8H2,1H3. The summed E-state index contributed by atoms with van der Waals surface area (Å²) in [5.74, 6) is 5.42. The molecular weight excluding hydrogens is 264 g/mol. The molecule has 0 unspecified atom stereocenters. The number of halogens is 1. The summed E-state index contributed by atoms with van der Waals surface area (Å²) in [6, 6.07) is 6.85. The molecule has 0 N–H and O–H groups in total. The summed E-state index contributed by atoms with van der Waals surface area (Å²) in [6.45, 7) is 1.88. The number of rotatable bonds is 2. The Labute approximate surface area is 114 Å². The highest BCUT2D eigenvalue weighted by Crippen LogP contribution is 2.17. The van der Waals surface area contributed by atoms with Crippen molar-refractivity contribution in [2.75, 3.05) is 0 Å². The number of hydrogen-bond donors (Lipinski definition) is 0. The van der Waals surface area contributed by atoms with Gasteiger partial charge in [0.05, 0.1) is 17.3 Å². The van der Waals surface area contributed by atoms with Gasteiger partial charge < -0.3 is 0 Å². The van der Waals surface area contributed by atoms with Crippen LogP contribution in [0, 0.1) is 11.8 Å². The summed E-state index contributed by atoms with van der Waals surface area (Å²) in [4.78, 5) is 23.9. The molecular formula is C14H11ClN2O2. The average Bonchev–Trinajstić information content (AvgIpc) is 2.42. The lowest BCUT2D eigenvalue weighted by molar-refractivity contribution is 0.744. The van der Waals surface area contributed by atoms with Gasteiger partial charge in [-0.15, -0.1) is 5.92 Å². The van der Waals surface area contributed by atoms with Crippen LogP contribution >= 0.6 is 11.6 Å². The van der Waals surface area contributed by atoms with Gasteiger partial charge in [-0.1, -0.05) is 29.7 Å². The minimum Gasteiger partial charge on any atom is -0.298 e. The molecule has 0 saturated heterocycles. The Bertz CT molecular complexity index is 778. The fraction of sp³-hybridized carbons (Fsp3) is 0.143. The summed E-state index contributed by atoms with van der Waals surface area (Å²) in [7, 11) is 0. The van der Waals surface area contributed by atoms with Crippen LogP contribution in [-0.2, 0) is 6.54 Å². The Balaban J connectivity index is 2.59. The second-order valence-corrected chi connectivity index (χ2v) is 4.19. The molecule has 2 rings (SSSR count). The first-order valence-electron chi connectivity index (χ1n) is 5.61. The zero-order chi connectivity index (χ0) is 13.8. The van der Waals surface area contributed by atoms with Crippen LogP contribution < -0.4 is 11.1 Å². The normalized spacial score (nSPS) is 9.79. The number of aromatic nitrogens is 2. The molecule has 0 atom stereocenters. The van der Waals surface area contributed by atoms with Crippen molar-refractivity contribution in [1.29, 1.82) is 0 Å². The predicted octanol–water partition coefficient (Wildman–Crippen LogP) is 1.68. The van der Waals surface area contributed by atoms with Gasteiger partial charge in [0.1, 0.15) is 0 Å². The van der Waals surface area contributed by atoms with Gasteiger partial charge in [0.2, 0.25) is 0 Å². The lowest BCUT2D eigenvalue weighted by Gasteiger charge is -2.08. The molecule has 0 radical (unpaired) electrons. The van der Waals surface area contributed by atoms with Crippen LogP contribution in [-0.4, -0.2) is 9.13 Å². The lowest BCUT2D eigenvalue weighted by atomic mass is 10.3. The van der Waals surface area contributed by atoms with E-state index in [1.54, 1.807) is 31.2 Å². The highest BCUT2D eigenvalue weighted by atomic mass is 35.5. The zero-order valence-corrected chi connectivity index (χ0v) is 11.0. The first-order chi connectivity index (χ1) is 9.15. The topological polar surface area (TPSA) is 44.0 Å². The van der Waals surface area contributed by atoms with Crippen LogP contribution in [0.3, 0.4) is 0 Å². The van der Waals surface area contributed by atoms with E-state index in [2.05, 4.69) is 11.8 Å². The van der Waals surface area contributed by atoms with Crippen LogP contribution in [0.15, 0.2) is 46.2 Å². The molecule has 2 aromatic rings. The molecule has 0 aliphatic heterocycles. The molecule has 4 nitrogen and oxygen atoms in total. The number of hydrogen-bond acceptors (Lipinski definition) is 2. The van der Waals surface area contributed by atoms with Crippen molar-refractivity contribution in [3.63, 3.8) is 0 Å². The molecule has 0 aliphatic carbocycles. The van der Waals surface area contributed by atoms with E-state index in [-0.39, 0.29) is 6.54 Å². The van der Waals surface area contributed by atoms with Gasteiger partial charge in [0.25, 0.3) is 0 Å². The molecule has 1 aromatic carbocycles. The Morgan fingerprint density at radius 1 is 1.16 bits per heavy atom.